The van der Waals surface area contributed by atoms with E-state index in [1.807, 2.05) is 24.3 Å². The van der Waals surface area contributed by atoms with E-state index in [0.717, 1.165) is 24.1 Å². The average Bonchev–Trinajstić information content (AvgIpc) is 3.55. The molecule has 9 nitrogen and oxygen atoms in total. The Kier molecular flexibility index (Phi) is 7.24. The number of hydroxylamine groups is 1. The van der Waals surface area contributed by atoms with Crippen molar-refractivity contribution >= 4 is 33.4 Å². The summed E-state index contributed by atoms with van der Waals surface area (Å²) in [6, 6.07) is 10.8. The number of likely N-dealkylation sites (tertiary alicyclic amines) is 1. The number of hydrogen-bond acceptors (Lipinski definition) is 7. The number of piperidine rings is 1. The van der Waals surface area contributed by atoms with Gasteiger partial charge in [0.25, 0.3) is 10.0 Å². The van der Waals surface area contributed by atoms with Crippen LogP contribution in [0.4, 0.5) is 4.79 Å². The number of rotatable bonds is 6. The lowest BCUT2D eigenvalue weighted by Gasteiger charge is -2.36. The highest BCUT2D eigenvalue weighted by molar-refractivity contribution is 7.90. The zero-order chi connectivity index (χ0) is 26.0. The lowest BCUT2D eigenvalue weighted by molar-refractivity contribution is -0.0637. The molecule has 2 aromatic rings. The van der Waals surface area contributed by atoms with Gasteiger partial charge in [-0.2, -0.15) is 0 Å². The van der Waals surface area contributed by atoms with Gasteiger partial charge in [0.15, 0.2) is 11.5 Å². The van der Waals surface area contributed by atoms with Crippen molar-refractivity contribution in [2.45, 2.75) is 55.1 Å². The Bertz CT molecular complexity index is 1280. The molecule has 1 aliphatic carbocycles. The third-order valence-corrected chi connectivity index (χ3v) is 8.67. The van der Waals surface area contributed by atoms with Crippen LogP contribution in [-0.2, 0) is 14.9 Å². The molecule has 2 heterocycles. The fourth-order valence-electron chi connectivity index (χ4n) is 4.93. The van der Waals surface area contributed by atoms with Gasteiger partial charge >= 0.3 is 6.03 Å². The maximum absolute atomic E-state index is 12.7. The lowest BCUT2D eigenvalue weighted by Crippen LogP contribution is -2.50. The van der Waals surface area contributed by atoms with Crippen LogP contribution in [0.25, 0.3) is 5.70 Å². The fraction of sp³-hybridized carbons (Fsp3) is 0.423. The molecule has 0 aromatic heterocycles. The highest BCUT2D eigenvalue weighted by Crippen LogP contribution is 2.38. The van der Waals surface area contributed by atoms with Gasteiger partial charge in [0.2, 0.25) is 0 Å². The molecular weight excluding hydrogens is 518 g/mol. The van der Waals surface area contributed by atoms with Crippen molar-refractivity contribution in [2.75, 3.05) is 20.2 Å². The van der Waals surface area contributed by atoms with Gasteiger partial charge in [-0.25, -0.2) is 17.9 Å². The van der Waals surface area contributed by atoms with Crippen molar-refractivity contribution in [3.8, 4) is 11.5 Å². The van der Waals surface area contributed by atoms with Gasteiger partial charge in [0.1, 0.15) is 5.60 Å². The molecule has 1 spiro atoms. The Labute approximate surface area is 221 Å². The van der Waals surface area contributed by atoms with Crippen LogP contribution < -0.4 is 19.7 Å². The van der Waals surface area contributed by atoms with Crippen molar-refractivity contribution in [3.05, 3.63) is 59.1 Å². The van der Waals surface area contributed by atoms with E-state index in [0.29, 0.717) is 42.5 Å². The number of nitrogens with zero attached hydrogens (tertiary/aromatic N) is 1. The van der Waals surface area contributed by atoms with Crippen LogP contribution in [0.5, 0.6) is 11.5 Å². The van der Waals surface area contributed by atoms with Crippen LogP contribution in [-0.4, -0.2) is 51.3 Å². The van der Waals surface area contributed by atoms with E-state index in [1.54, 1.807) is 7.11 Å². The molecule has 2 amide bonds. The minimum atomic E-state index is -3.99. The first kappa shape index (κ1) is 25.7. The Hall–Kier alpha value is -2.95. The number of benzene rings is 2. The van der Waals surface area contributed by atoms with Gasteiger partial charge in [-0.05, 0) is 74.2 Å². The number of carbonyl (C=O) groups excluding carboxylic acids is 1. The van der Waals surface area contributed by atoms with Crippen LogP contribution >= 0.6 is 11.6 Å². The monoisotopic (exact) mass is 547 g/mol. The van der Waals surface area contributed by atoms with Gasteiger partial charge in [-0.1, -0.05) is 11.6 Å². The molecule has 2 N–H and O–H groups in total. The van der Waals surface area contributed by atoms with E-state index in [4.69, 9.17) is 25.9 Å². The molecule has 2 aromatic carbocycles. The Morgan fingerprint density at radius 1 is 1.11 bits per heavy atom. The molecular formula is C26H30ClN3O6S. The van der Waals surface area contributed by atoms with Gasteiger partial charge in [0, 0.05) is 36.5 Å². The summed E-state index contributed by atoms with van der Waals surface area (Å²) in [5, 5.41) is 0.413. The van der Waals surface area contributed by atoms with E-state index >= 15 is 0 Å². The molecule has 0 bridgehead atoms. The predicted molar refractivity (Wildman–Crippen MR) is 139 cm³/mol. The van der Waals surface area contributed by atoms with Gasteiger partial charge < -0.3 is 14.4 Å². The smallest absolute Gasteiger partial charge is 0.331 e. The summed E-state index contributed by atoms with van der Waals surface area (Å²) in [6.45, 7) is 0.679. The third-order valence-electron chi connectivity index (χ3n) is 7.08. The molecule has 2 aliphatic heterocycles. The summed E-state index contributed by atoms with van der Waals surface area (Å²) < 4.78 is 39.0. The van der Waals surface area contributed by atoms with Crippen molar-refractivity contribution < 1.29 is 27.5 Å². The second-order valence-corrected chi connectivity index (χ2v) is 11.7. The minimum Gasteiger partial charge on any atom is -0.493 e. The van der Waals surface area contributed by atoms with Gasteiger partial charge in [-0.15, -0.1) is 0 Å². The van der Waals surface area contributed by atoms with Crippen LogP contribution in [0.15, 0.2) is 53.4 Å². The SMILES string of the molecule is COc1ccc(C2=CC3(CCN(C(=O)NS(=O)(=O)c4ccc(Cl)cc4)CC3)ON2)cc1OC1CCCC1. The van der Waals surface area contributed by atoms with E-state index in [1.165, 1.54) is 42.0 Å². The molecule has 198 valence electrons. The van der Waals surface area contributed by atoms with Crippen molar-refractivity contribution in [3.63, 3.8) is 0 Å². The normalized spacial score (nSPS) is 19.4. The van der Waals surface area contributed by atoms with E-state index in [9.17, 15) is 13.2 Å². The molecule has 1 saturated heterocycles. The summed E-state index contributed by atoms with van der Waals surface area (Å²) in [5.74, 6) is 1.40. The van der Waals surface area contributed by atoms with E-state index in [2.05, 4.69) is 10.2 Å². The van der Waals surface area contributed by atoms with E-state index in [-0.39, 0.29) is 11.0 Å². The zero-order valence-electron chi connectivity index (χ0n) is 20.5. The first-order valence-corrected chi connectivity index (χ1v) is 14.2. The second kappa shape index (κ2) is 10.4. The highest BCUT2D eigenvalue weighted by Gasteiger charge is 2.40. The van der Waals surface area contributed by atoms with Gasteiger partial charge in [-0.3, -0.25) is 10.3 Å². The van der Waals surface area contributed by atoms with Crippen LogP contribution in [0.1, 0.15) is 44.1 Å². The second-order valence-electron chi connectivity index (χ2n) is 9.57. The van der Waals surface area contributed by atoms with Crippen molar-refractivity contribution in [1.82, 2.24) is 15.1 Å². The molecule has 37 heavy (non-hydrogen) atoms. The summed E-state index contributed by atoms with van der Waals surface area (Å²) in [4.78, 5) is 20.1. The van der Waals surface area contributed by atoms with Crippen LogP contribution in [0.2, 0.25) is 5.02 Å². The molecule has 2 fully saturated rings. The zero-order valence-corrected chi connectivity index (χ0v) is 22.1. The number of methoxy groups -OCH3 is 1. The number of nitrogens with one attached hydrogen (secondary N) is 2. The minimum absolute atomic E-state index is 0.0228. The lowest BCUT2D eigenvalue weighted by atomic mass is 9.90. The number of halogens is 1. The standard InChI is InChI=1S/C26H30ClN3O6S/c1-34-23-11-6-18(16-24(23)35-20-4-2-3-5-20)22-17-26(36-28-22)12-14-30(15-13-26)25(31)29-37(32,33)21-9-7-19(27)8-10-21/h6-11,16-17,20,28H,2-5,12-15H2,1H3,(H,29,31). The number of urea groups is 1. The molecule has 0 unspecified atom stereocenters. The van der Waals surface area contributed by atoms with E-state index < -0.39 is 21.7 Å². The number of carbonyl (C=O) groups is 1. The summed E-state index contributed by atoms with van der Waals surface area (Å²) in [5.41, 5.74) is 4.19. The summed E-state index contributed by atoms with van der Waals surface area (Å²) in [7, 11) is -2.36. The molecule has 0 atom stereocenters. The molecule has 1 saturated carbocycles. The summed E-state index contributed by atoms with van der Waals surface area (Å²) in [6.07, 6.45) is 7.72. The molecule has 5 rings (SSSR count). The van der Waals surface area contributed by atoms with Crippen LogP contribution in [0, 0.1) is 0 Å². The maximum Gasteiger partial charge on any atom is 0.331 e. The largest absolute Gasteiger partial charge is 0.493 e. The molecule has 11 heteroatoms. The number of hydrogen-bond donors (Lipinski definition) is 2. The average molecular weight is 548 g/mol. The number of ether oxygens (including phenoxy) is 2. The van der Waals surface area contributed by atoms with Crippen molar-refractivity contribution in [2.24, 2.45) is 0 Å². The first-order chi connectivity index (χ1) is 17.8. The molecule has 0 radical (unpaired) electrons. The number of amides is 2. The number of sulfonamides is 1. The Balaban J connectivity index is 1.23. The molecule has 3 aliphatic rings. The Morgan fingerprint density at radius 3 is 2.49 bits per heavy atom. The predicted octanol–water partition coefficient (Wildman–Crippen LogP) is 4.48. The Morgan fingerprint density at radius 2 is 1.81 bits per heavy atom. The van der Waals surface area contributed by atoms with Crippen molar-refractivity contribution in [1.29, 1.82) is 0 Å². The quantitative estimate of drug-likeness (QED) is 0.549. The summed E-state index contributed by atoms with van der Waals surface area (Å²) >= 11 is 5.83. The fourth-order valence-corrected chi connectivity index (χ4v) is 6.03. The maximum atomic E-state index is 12.7. The van der Waals surface area contributed by atoms with Gasteiger partial charge in [0.05, 0.1) is 23.8 Å². The highest BCUT2D eigenvalue weighted by atomic mass is 35.5. The van der Waals surface area contributed by atoms with Crippen LogP contribution in [0.3, 0.4) is 0 Å². The third kappa shape index (κ3) is 5.66. The topological polar surface area (TPSA) is 106 Å². The first-order valence-electron chi connectivity index (χ1n) is 12.4.